The first kappa shape index (κ1) is 12.8. The van der Waals surface area contributed by atoms with E-state index in [0.29, 0.717) is 12.1 Å². The van der Waals surface area contributed by atoms with Crippen molar-refractivity contribution in [3.8, 4) is 0 Å². The maximum absolute atomic E-state index is 12.2. The van der Waals surface area contributed by atoms with E-state index in [2.05, 4.69) is 10.3 Å². The van der Waals surface area contributed by atoms with E-state index in [-0.39, 0.29) is 12.0 Å². The van der Waals surface area contributed by atoms with Gasteiger partial charge in [-0.1, -0.05) is 0 Å². The molecule has 1 aliphatic heterocycles. The fraction of sp³-hybridized carbons (Fsp3) is 0.538. The highest BCUT2D eigenvalue weighted by atomic mass is 16.5. The minimum Gasteiger partial charge on any atom is -0.380 e. The van der Waals surface area contributed by atoms with Gasteiger partial charge in [-0.05, 0) is 25.5 Å². The number of aromatic nitrogens is 1. The van der Waals surface area contributed by atoms with Gasteiger partial charge in [0.25, 0.3) is 5.91 Å². The Hall–Kier alpha value is -1.62. The second-order valence-corrected chi connectivity index (χ2v) is 4.36. The average molecular weight is 249 g/mol. The molecule has 0 aromatic carbocycles. The van der Waals surface area contributed by atoms with Crippen LogP contribution in [0.15, 0.2) is 18.3 Å². The molecule has 1 atom stereocenters. The number of pyridine rings is 1. The summed E-state index contributed by atoms with van der Waals surface area (Å²) >= 11 is 0. The molecule has 1 saturated heterocycles. The maximum atomic E-state index is 12.2. The molecule has 0 spiro atoms. The summed E-state index contributed by atoms with van der Waals surface area (Å²) in [6.07, 6.45) is 2.70. The number of nitrogens with one attached hydrogen (secondary N) is 1. The molecule has 1 unspecified atom stereocenters. The van der Waals surface area contributed by atoms with Gasteiger partial charge >= 0.3 is 0 Å². The third kappa shape index (κ3) is 2.79. The molecule has 1 amide bonds. The van der Waals surface area contributed by atoms with Crippen molar-refractivity contribution in [2.24, 2.45) is 0 Å². The quantitative estimate of drug-likeness (QED) is 0.875. The lowest BCUT2D eigenvalue weighted by Gasteiger charge is -2.16. The van der Waals surface area contributed by atoms with Gasteiger partial charge in [-0.15, -0.1) is 0 Å². The highest BCUT2D eigenvalue weighted by Gasteiger charge is 2.26. The van der Waals surface area contributed by atoms with Gasteiger partial charge in [-0.2, -0.15) is 0 Å². The second kappa shape index (κ2) is 5.82. The largest absolute Gasteiger partial charge is 0.380 e. The highest BCUT2D eigenvalue weighted by Crippen LogP contribution is 2.15. The minimum atomic E-state index is 0.0325. The first-order chi connectivity index (χ1) is 8.74. The minimum absolute atomic E-state index is 0.0325. The van der Waals surface area contributed by atoms with Crippen molar-refractivity contribution in [1.82, 2.24) is 9.88 Å². The van der Waals surface area contributed by atoms with Crippen LogP contribution in [-0.4, -0.2) is 48.6 Å². The number of ether oxygens (including phenoxy) is 1. The van der Waals surface area contributed by atoms with E-state index in [1.165, 1.54) is 0 Å². The van der Waals surface area contributed by atoms with Crippen molar-refractivity contribution in [2.75, 3.05) is 32.1 Å². The van der Waals surface area contributed by atoms with Crippen molar-refractivity contribution in [3.63, 3.8) is 0 Å². The SMILES string of the molecule is CCNc1ccc(C(=O)N2CCC(OC)C2)cn1. The van der Waals surface area contributed by atoms with Crippen LogP contribution in [0, 0.1) is 0 Å². The van der Waals surface area contributed by atoms with Crippen LogP contribution in [0.25, 0.3) is 0 Å². The number of hydrogen-bond donors (Lipinski definition) is 1. The average Bonchev–Trinajstić information content (AvgIpc) is 2.88. The first-order valence-corrected chi connectivity index (χ1v) is 6.26. The maximum Gasteiger partial charge on any atom is 0.255 e. The third-order valence-electron chi connectivity index (χ3n) is 3.13. The van der Waals surface area contributed by atoms with E-state index in [1.807, 2.05) is 24.0 Å². The molecule has 0 aliphatic carbocycles. The lowest BCUT2D eigenvalue weighted by molar-refractivity contribution is 0.0724. The molecule has 1 aromatic rings. The van der Waals surface area contributed by atoms with Gasteiger partial charge in [0.15, 0.2) is 0 Å². The monoisotopic (exact) mass is 249 g/mol. The fourth-order valence-electron chi connectivity index (χ4n) is 2.09. The normalized spacial score (nSPS) is 19.0. The van der Waals surface area contributed by atoms with Crippen molar-refractivity contribution in [1.29, 1.82) is 0 Å². The Morgan fingerprint density at radius 2 is 2.44 bits per heavy atom. The molecule has 18 heavy (non-hydrogen) atoms. The standard InChI is InChI=1S/C13H19N3O2/c1-3-14-12-5-4-10(8-15-12)13(17)16-7-6-11(9-16)18-2/h4-5,8,11H,3,6-7,9H2,1-2H3,(H,14,15). The number of methoxy groups -OCH3 is 1. The van der Waals surface area contributed by atoms with E-state index in [9.17, 15) is 4.79 Å². The third-order valence-corrected chi connectivity index (χ3v) is 3.13. The molecular weight excluding hydrogens is 230 g/mol. The van der Waals surface area contributed by atoms with E-state index in [1.54, 1.807) is 13.3 Å². The summed E-state index contributed by atoms with van der Waals surface area (Å²) in [5.74, 6) is 0.829. The molecule has 5 heteroatoms. The zero-order chi connectivity index (χ0) is 13.0. The number of carbonyl (C=O) groups excluding carboxylic acids is 1. The first-order valence-electron chi connectivity index (χ1n) is 6.26. The van der Waals surface area contributed by atoms with E-state index in [0.717, 1.165) is 25.3 Å². The van der Waals surface area contributed by atoms with Gasteiger partial charge in [0.2, 0.25) is 0 Å². The summed E-state index contributed by atoms with van der Waals surface area (Å²) in [6.45, 7) is 4.26. The Morgan fingerprint density at radius 3 is 3.00 bits per heavy atom. The fourth-order valence-corrected chi connectivity index (χ4v) is 2.09. The summed E-state index contributed by atoms with van der Waals surface area (Å²) in [5, 5.41) is 3.10. The topological polar surface area (TPSA) is 54.5 Å². The summed E-state index contributed by atoms with van der Waals surface area (Å²) < 4.78 is 5.26. The Balaban J connectivity index is 2.00. The van der Waals surface area contributed by atoms with Gasteiger partial charge in [0.05, 0.1) is 11.7 Å². The summed E-state index contributed by atoms with van der Waals surface area (Å²) in [7, 11) is 1.69. The zero-order valence-corrected chi connectivity index (χ0v) is 10.8. The van der Waals surface area contributed by atoms with Crippen LogP contribution >= 0.6 is 0 Å². The highest BCUT2D eigenvalue weighted by molar-refractivity contribution is 5.94. The van der Waals surface area contributed by atoms with Gasteiger partial charge < -0.3 is 15.0 Å². The van der Waals surface area contributed by atoms with Crippen molar-refractivity contribution >= 4 is 11.7 Å². The van der Waals surface area contributed by atoms with E-state index in [4.69, 9.17) is 4.74 Å². The molecule has 1 aliphatic rings. The smallest absolute Gasteiger partial charge is 0.255 e. The Labute approximate surface area is 107 Å². The van der Waals surface area contributed by atoms with Crippen molar-refractivity contribution in [2.45, 2.75) is 19.4 Å². The van der Waals surface area contributed by atoms with Crippen LogP contribution in [0.3, 0.4) is 0 Å². The van der Waals surface area contributed by atoms with Crippen LogP contribution in [-0.2, 0) is 4.74 Å². The van der Waals surface area contributed by atoms with E-state index < -0.39 is 0 Å². The zero-order valence-electron chi connectivity index (χ0n) is 10.8. The number of carbonyl (C=O) groups is 1. The van der Waals surface area contributed by atoms with Gasteiger partial charge in [0.1, 0.15) is 5.82 Å². The molecule has 1 aromatic heterocycles. The van der Waals surface area contributed by atoms with Crippen LogP contribution in [0.4, 0.5) is 5.82 Å². The summed E-state index contributed by atoms with van der Waals surface area (Å²) in [4.78, 5) is 18.2. The van der Waals surface area contributed by atoms with Gasteiger partial charge in [-0.3, -0.25) is 4.79 Å². The molecule has 0 bridgehead atoms. The molecule has 1 N–H and O–H groups in total. The molecule has 0 saturated carbocycles. The van der Waals surface area contributed by atoms with Gasteiger partial charge in [0, 0.05) is 32.9 Å². The van der Waals surface area contributed by atoms with E-state index >= 15 is 0 Å². The van der Waals surface area contributed by atoms with Crippen LogP contribution in [0.2, 0.25) is 0 Å². The Morgan fingerprint density at radius 1 is 1.61 bits per heavy atom. The van der Waals surface area contributed by atoms with Gasteiger partial charge in [-0.25, -0.2) is 4.98 Å². The van der Waals surface area contributed by atoms with Crippen molar-refractivity contribution in [3.05, 3.63) is 23.9 Å². The predicted octanol–water partition coefficient (Wildman–Crippen LogP) is 1.37. The Kier molecular flexibility index (Phi) is 4.15. The van der Waals surface area contributed by atoms with Crippen LogP contribution in [0.5, 0.6) is 0 Å². The van der Waals surface area contributed by atoms with Crippen LogP contribution in [0.1, 0.15) is 23.7 Å². The molecule has 5 nitrogen and oxygen atoms in total. The number of nitrogens with zero attached hydrogens (tertiary/aromatic N) is 2. The van der Waals surface area contributed by atoms with Crippen LogP contribution < -0.4 is 5.32 Å². The number of anilines is 1. The lowest BCUT2D eigenvalue weighted by atomic mass is 10.2. The molecule has 0 radical (unpaired) electrons. The lowest BCUT2D eigenvalue weighted by Crippen LogP contribution is -2.30. The number of amides is 1. The molecule has 98 valence electrons. The number of likely N-dealkylation sites (tertiary alicyclic amines) is 1. The Bertz CT molecular complexity index is 405. The number of hydrogen-bond acceptors (Lipinski definition) is 4. The predicted molar refractivity (Wildman–Crippen MR) is 69.7 cm³/mol. The molecule has 1 fully saturated rings. The second-order valence-electron chi connectivity index (χ2n) is 4.36. The molecular formula is C13H19N3O2. The molecule has 2 rings (SSSR count). The number of rotatable bonds is 4. The summed E-state index contributed by atoms with van der Waals surface area (Å²) in [5.41, 5.74) is 0.633. The molecule has 2 heterocycles. The summed E-state index contributed by atoms with van der Waals surface area (Å²) in [6, 6.07) is 3.65. The van der Waals surface area contributed by atoms with Crippen molar-refractivity contribution < 1.29 is 9.53 Å².